The summed E-state index contributed by atoms with van der Waals surface area (Å²) in [4.78, 5) is 29.5. The standard InChI is InChI=1S/C27H22F2N4O2S/c1-16-7-12-20(13-21(16)29)30-25(34)15-24-26(35)31-27(36-24)33-23(18-8-10-19(28)11-9-18)14-22(32-33)17-5-3-2-4-6-17/h2-13,23-24H,14-15H2,1H3,(H,30,34)/t23-,24+/m1/s1. The van der Waals surface area contributed by atoms with E-state index in [1.165, 1.54) is 30.0 Å². The number of aliphatic imine (C=N–C) groups is 1. The monoisotopic (exact) mass is 504 g/mol. The first-order valence-electron chi connectivity index (χ1n) is 11.4. The van der Waals surface area contributed by atoms with E-state index in [0.717, 1.165) is 16.8 Å². The van der Waals surface area contributed by atoms with E-state index in [1.54, 1.807) is 36.2 Å². The number of hydrazone groups is 1. The summed E-state index contributed by atoms with van der Waals surface area (Å²) in [6.07, 6.45) is 0.434. The van der Waals surface area contributed by atoms with Crippen LogP contribution in [0, 0.1) is 18.6 Å². The van der Waals surface area contributed by atoms with Gasteiger partial charge in [0.1, 0.15) is 16.9 Å². The zero-order valence-corrected chi connectivity index (χ0v) is 20.1. The van der Waals surface area contributed by atoms with Gasteiger partial charge in [-0.15, -0.1) is 0 Å². The smallest absolute Gasteiger partial charge is 0.262 e. The highest BCUT2D eigenvalue weighted by atomic mass is 32.2. The summed E-state index contributed by atoms with van der Waals surface area (Å²) in [5.74, 6) is -1.60. The summed E-state index contributed by atoms with van der Waals surface area (Å²) in [6.45, 7) is 1.64. The van der Waals surface area contributed by atoms with Gasteiger partial charge in [-0.25, -0.2) is 13.8 Å². The first kappa shape index (κ1) is 23.9. The highest BCUT2D eigenvalue weighted by Crippen LogP contribution is 2.38. The average molecular weight is 505 g/mol. The van der Waals surface area contributed by atoms with Crippen LogP contribution in [-0.2, 0) is 9.59 Å². The predicted octanol–water partition coefficient (Wildman–Crippen LogP) is 5.45. The van der Waals surface area contributed by atoms with Crippen molar-refractivity contribution in [3.63, 3.8) is 0 Å². The van der Waals surface area contributed by atoms with Crippen LogP contribution in [0.15, 0.2) is 82.9 Å². The predicted molar refractivity (Wildman–Crippen MR) is 137 cm³/mol. The van der Waals surface area contributed by atoms with E-state index in [2.05, 4.69) is 10.3 Å². The Kier molecular flexibility index (Phi) is 6.65. The molecule has 6 nitrogen and oxygen atoms in total. The lowest BCUT2D eigenvalue weighted by Crippen LogP contribution is -2.25. The van der Waals surface area contributed by atoms with Crippen molar-refractivity contribution in [1.82, 2.24) is 5.01 Å². The summed E-state index contributed by atoms with van der Waals surface area (Å²) >= 11 is 1.17. The molecule has 2 atom stereocenters. The van der Waals surface area contributed by atoms with Crippen molar-refractivity contribution in [2.24, 2.45) is 10.1 Å². The van der Waals surface area contributed by atoms with Gasteiger partial charge >= 0.3 is 0 Å². The SMILES string of the molecule is Cc1ccc(NC(=O)C[C@@H]2SC(N3N=C(c4ccccc4)C[C@@H]3c3ccc(F)cc3)=NC2=O)cc1F. The van der Waals surface area contributed by atoms with Crippen LogP contribution >= 0.6 is 11.8 Å². The van der Waals surface area contributed by atoms with Crippen LogP contribution in [-0.4, -0.2) is 33.0 Å². The molecule has 0 bridgehead atoms. The molecule has 5 rings (SSSR count). The molecule has 2 heterocycles. The number of nitrogens with zero attached hydrogens (tertiary/aromatic N) is 3. The first-order valence-corrected chi connectivity index (χ1v) is 12.3. The minimum absolute atomic E-state index is 0.115. The topological polar surface area (TPSA) is 74.1 Å². The third kappa shape index (κ3) is 5.06. The highest BCUT2D eigenvalue weighted by molar-refractivity contribution is 8.15. The second-order valence-corrected chi connectivity index (χ2v) is 9.75. The number of amides is 2. The summed E-state index contributed by atoms with van der Waals surface area (Å²) in [5.41, 5.74) is 3.41. The summed E-state index contributed by atoms with van der Waals surface area (Å²) < 4.78 is 27.4. The minimum Gasteiger partial charge on any atom is -0.326 e. The van der Waals surface area contributed by atoms with Crippen molar-refractivity contribution < 1.29 is 18.4 Å². The lowest BCUT2D eigenvalue weighted by molar-refractivity contribution is -0.121. The van der Waals surface area contributed by atoms with Crippen LogP contribution < -0.4 is 5.32 Å². The molecule has 182 valence electrons. The lowest BCUT2D eigenvalue weighted by atomic mass is 9.99. The molecule has 36 heavy (non-hydrogen) atoms. The van der Waals surface area contributed by atoms with Gasteiger partial charge in [0.05, 0.1) is 11.8 Å². The number of carbonyl (C=O) groups is 2. The molecule has 0 fully saturated rings. The number of anilines is 1. The molecule has 2 aliphatic heterocycles. The molecule has 2 aliphatic rings. The van der Waals surface area contributed by atoms with Gasteiger partial charge in [-0.3, -0.25) is 9.59 Å². The third-order valence-electron chi connectivity index (χ3n) is 6.02. The molecule has 3 aromatic rings. The van der Waals surface area contributed by atoms with Gasteiger partial charge < -0.3 is 5.32 Å². The molecule has 0 saturated heterocycles. The Morgan fingerprint density at radius 1 is 1.08 bits per heavy atom. The molecule has 9 heteroatoms. The van der Waals surface area contributed by atoms with Crippen molar-refractivity contribution in [3.8, 4) is 0 Å². The van der Waals surface area contributed by atoms with E-state index in [-0.39, 0.29) is 18.3 Å². The number of aryl methyl sites for hydroxylation is 1. The van der Waals surface area contributed by atoms with E-state index >= 15 is 0 Å². The molecule has 1 N–H and O–H groups in total. The van der Waals surface area contributed by atoms with Crippen LogP contribution in [0.25, 0.3) is 0 Å². The Bertz CT molecular complexity index is 1380. The van der Waals surface area contributed by atoms with Gasteiger partial charge in [0, 0.05) is 18.5 Å². The maximum absolute atomic E-state index is 13.8. The van der Waals surface area contributed by atoms with Crippen LogP contribution in [0.5, 0.6) is 0 Å². The maximum Gasteiger partial charge on any atom is 0.262 e. The van der Waals surface area contributed by atoms with Crippen LogP contribution in [0.3, 0.4) is 0 Å². The average Bonchev–Trinajstić information content (AvgIpc) is 3.46. The molecular formula is C27H22F2N4O2S. The van der Waals surface area contributed by atoms with Gasteiger partial charge in [0.15, 0.2) is 5.17 Å². The van der Waals surface area contributed by atoms with E-state index in [9.17, 15) is 18.4 Å². The molecule has 3 aromatic carbocycles. The Morgan fingerprint density at radius 2 is 1.83 bits per heavy atom. The van der Waals surface area contributed by atoms with E-state index in [0.29, 0.717) is 22.8 Å². The molecular weight excluding hydrogens is 482 g/mol. The van der Waals surface area contributed by atoms with Crippen molar-refractivity contribution in [2.45, 2.75) is 31.1 Å². The second-order valence-electron chi connectivity index (χ2n) is 8.58. The van der Waals surface area contributed by atoms with E-state index in [1.807, 2.05) is 30.3 Å². The lowest BCUT2D eigenvalue weighted by Gasteiger charge is -2.23. The zero-order valence-electron chi connectivity index (χ0n) is 19.3. The fraction of sp³-hybridized carbons (Fsp3) is 0.185. The Hall–Kier alpha value is -3.85. The molecule has 0 aliphatic carbocycles. The molecule has 0 unspecified atom stereocenters. The Balaban J connectivity index is 1.33. The maximum atomic E-state index is 13.8. The number of hydrogen-bond donors (Lipinski definition) is 1. The van der Waals surface area contributed by atoms with Crippen molar-refractivity contribution in [1.29, 1.82) is 0 Å². The van der Waals surface area contributed by atoms with Crippen LogP contribution in [0.4, 0.5) is 14.5 Å². The van der Waals surface area contributed by atoms with Gasteiger partial charge in [0.2, 0.25) is 5.91 Å². The quantitative estimate of drug-likeness (QED) is 0.501. The second kappa shape index (κ2) is 10.0. The Labute approximate surface area is 211 Å². The Morgan fingerprint density at radius 3 is 2.56 bits per heavy atom. The number of halogens is 2. The van der Waals surface area contributed by atoms with E-state index < -0.39 is 22.9 Å². The molecule has 0 spiro atoms. The number of carbonyl (C=O) groups excluding carboxylic acids is 2. The van der Waals surface area contributed by atoms with Gasteiger partial charge in [-0.1, -0.05) is 60.3 Å². The largest absolute Gasteiger partial charge is 0.326 e. The summed E-state index contributed by atoms with van der Waals surface area (Å²) in [5, 5.41) is 8.75. The fourth-order valence-electron chi connectivity index (χ4n) is 4.09. The summed E-state index contributed by atoms with van der Waals surface area (Å²) in [7, 11) is 0. The number of thioether (sulfide) groups is 1. The fourth-order valence-corrected chi connectivity index (χ4v) is 5.15. The van der Waals surface area contributed by atoms with E-state index in [4.69, 9.17) is 5.10 Å². The van der Waals surface area contributed by atoms with Gasteiger partial charge in [0.25, 0.3) is 5.91 Å². The first-order chi connectivity index (χ1) is 17.4. The van der Waals surface area contributed by atoms with Gasteiger partial charge in [-0.2, -0.15) is 10.1 Å². The number of nitrogens with one attached hydrogen (secondary N) is 1. The van der Waals surface area contributed by atoms with Crippen molar-refractivity contribution in [2.75, 3.05) is 5.32 Å². The molecule has 2 amide bonds. The molecule has 0 radical (unpaired) electrons. The van der Waals surface area contributed by atoms with Gasteiger partial charge in [-0.05, 0) is 47.9 Å². The zero-order chi connectivity index (χ0) is 25.2. The third-order valence-corrected chi connectivity index (χ3v) is 7.17. The van der Waals surface area contributed by atoms with Crippen molar-refractivity contribution >= 4 is 40.1 Å². The number of benzene rings is 3. The van der Waals surface area contributed by atoms with Crippen LogP contribution in [0.1, 0.15) is 35.6 Å². The number of hydrogen-bond acceptors (Lipinski definition) is 5. The van der Waals surface area contributed by atoms with Crippen molar-refractivity contribution in [3.05, 3.63) is 101 Å². The molecule has 0 saturated carbocycles. The minimum atomic E-state index is -0.722. The highest BCUT2D eigenvalue weighted by Gasteiger charge is 2.39. The summed E-state index contributed by atoms with van der Waals surface area (Å²) in [6, 6.07) is 20.0. The number of amidine groups is 1. The molecule has 0 aromatic heterocycles. The normalized spacial score (nSPS) is 19.3. The van der Waals surface area contributed by atoms with Crippen LogP contribution in [0.2, 0.25) is 0 Å². The number of rotatable bonds is 5.